The average molecular weight is 262 g/mol. The van der Waals surface area contributed by atoms with Crippen LogP contribution >= 0.6 is 11.3 Å². The van der Waals surface area contributed by atoms with Crippen LogP contribution in [0.15, 0.2) is 17.5 Å². The number of aryl methyl sites for hydroxylation is 2. The van der Waals surface area contributed by atoms with Crippen molar-refractivity contribution in [1.29, 1.82) is 0 Å². The Balaban J connectivity index is 2.27. The first kappa shape index (κ1) is 12.9. The lowest BCUT2D eigenvalue weighted by Gasteiger charge is -2.18. The minimum Gasteiger partial charge on any atom is -0.484 e. The van der Waals surface area contributed by atoms with Gasteiger partial charge in [-0.25, -0.2) is 4.98 Å². The molecule has 0 saturated heterocycles. The highest BCUT2D eigenvalue weighted by Crippen LogP contribution is 2.30. The molecule has 0 bridgehead atoms. The Morgan fingerprint density at radius 3 is 2.50 bits per heavy atom. The number of anilines is 1. The predicted octanol–water partition coefficient (Wildman–Crippen LogP) is 3.79. The second kappa shape index (κ2) is 4.98. The average Bonchev–Trinajstić information content (AvgIpc) is 2.76. The largest absolute Gasteiger partial charge is 0.484 e. The first-order valence-corrected chi connectivity index (χ1v) is 6.81. The van der Waals surface area contributed by atoms with Gasteiger partial charge in [0.2, 0.25) is 0 Å². The van der Waals surface area contributed by atoms with Crippen molar-refractivity contribution in [3.8, 4) is 5.75 Å². The number of aromatic nitrogens is 1. The molecule has 2 N–H and O–H groups in total. The fourth-order valence-corrected chi connectivity index (χ4v) is 2.48. The standard InChI is InChI=1S/C14H18N2OS/c1-8-5-6-9(2)13(10(8)3)17-11(4)12-7-18-14(15)16-12/h5-7,11H,1-4H3,(H2,15,16). The molecule has 1 aromatic heterocycles. The smallest absolute Gasteiger partial charge is 0.180 e. The number of nitrogens with zero attached hydrogens (tertiary/aromatic N) is 1. The van der Waals surface area contributed by atoms with Gasteiger partial charge in [0.1, 0.15) is 11.9 Å². The van der Waals surface area contributed by atoms with E-state index < -0.39 is 0 Å². The molecule has 96 valence electrons. The van der Waals surface area contributed by atoms with E-state index in [1.54, 1.807) is 0 Å². The van der Waals surface area contributed by atoms with Crippen LogP contribution in [0.2, 0.25) is 0 Å². The van der Waals surface area contributed by atoms with Gasteiger partial charge in [-0.2, -0.15) is 0 Å². The van der Waals surface area contributed by atoms with Gasteiger partial charge in [-0.15, -0.1) is 11.3 Å². The summed E-state index contributed by atoms with van der Waals surface area (Å²) in [6.45, 7) is 8.23. The van der Waals surface area contributed by atoms with Crippen LogP contribution in [0.4, 0.5) is 5.13 Å². The Bertz CT molecular complexity index is 563. The van der Waals surface area contributed by atoms with Gasteiger partial charge in [-0.3, -0.25) is 0 Å². The molecule has 0 saturated carbocycles. The third kappa shape index (κ3) is 2.48. The third-order valence-electron chi connectivity index (χ3n) is 3.12. The van der Waals surface area contributed by atoms with Gasteiger partial charge < -0.3 is 10.5 Å². The second-order valence-electron chi connectivity index (χ2n) is 4.52. The minimum atomic E-state index is -0.0854. The predicted molar refractivity (Wildman–Crippen MR) is 76.2 cm³/mol. The van der Waals surface area contributed by atoms with E-state index in [2.05, 4.69) is 37.9 Å². The summed E-state index contributed by atoms with van der Waals surface area (Å²) in [5, 5.41) is 2.53. The zero-order valence-electron chi connectivity index (χ0n) is 11.2. The zero-order chi connectivity index (χ0) is 13.3. The number of ether oxygens (including phenoxy) is 1. The minimum absolute atomic E-state index is 0.0854. The van der Waals surface area contributed by atoms with E-state index in [1.807, 2.05) is 12.3 Å². The highest BCUT2D eigenvalue weighted by molar-refractivity contribution is 7.13. The number of hydrogen-bond acceptors (Lipinski definition) is 4. The van der Waals surface area contributed by atoms with Gasteiger partial charge in [-0.1, -0.05) is 12.1 Å². The molecule has 2 aromatic rings. The van der Waals surface area contributed by atoms with Crippen LogP contribution in [0.3, 0.4) is 0 Å². The first-order chi connectivity index (χ1) is 8.49. The Morgan fingerprint density at radius 1 is 1.22 bits per heavy atom. The molecule has 1 aromatic carbocycles. The van der Waals surface area contributed by atoms with E-state index in [9.17, 15) is 0 Å². The van der Waals surface area contributed by atoms with Crippen LogP contribution in [0.5, 0.6) is 5.75 Å². The Kier molecular flexibility index (Phi) is 3.57. The van der Waals surface area contributed by atoms with E-state index in [0.717, 1.165) is 17.0 Å². The summed E-state index contributed by atoms with van der Waals surface area (Å²) < 4.78 is 6.04. The van der Waals surface area contributed by atoms with Crippen LogP contribution < -0.4 is 10.5 Å². The summed E-state index contributed by atoms with van der Waals surface area (Å²) >= 11 is 1.44. The lowest BCUT2D eigenvalue weighted by Crippen LogP contribution is -2.06. The number of thiazole rings is 1. The maximum absolute atomic E-state index is 6.04. The van der Waals surface area contributed by atoms with Crippen LogP contribution in [0, 0.1) is 20.8 Å². The Labute approximate surface area is 112 Å². The van der Waals surface area contributed by atoms with E-state index >= 15 is 0 Å². The summed E-state index contributed by atoms with van der Waals surface area (Å²) in [6, 6.07) is 4.20. The molecule has 18 heavy (non-hydrogen) atoms. The molecule has 0 spiro atoms. The molecule has 1 atom stereocenters. The third-order valence-corrected chi connectivity index (χ3v) is 3.82. The van der Waals surface area contributed by atoms with Crippen LogP contribution in [0.25, 0.3) is 0 Å². The van der Waals surface area contributed by atoms with E-state index in [4.69, 9.17) is 10.5 Å². The normalized spacial score (nSPS) is 12.4. The van der Waals surface area contributed by atoms with Gasteiger partial charge in [0.25, 0.3) is 0 Å². The molecule has 2 rings (SSSR count). The zero-order valence-corrected chi connectivity index (χ0v) is 12.0. The van der Waals surface area contributed by atoms with Crippen LogP contribution in [-0.4, -0.2) is 4.98 Å². The number of hydrogen-bond donors (Lipinski definition) is 1. The van der Waals surface area contributed by atoms with Crippen molar-refractivity contribution in [3.63, 3.8) is 0 Å². The Morgan fingerprint density at radius 2 is 1.89 bits per heavy atom. The summed E-state index contributed by atoms with van der Waals surface area (Å²) in [6.07, 6.45) is -0.0854. The van der Waals surface area contributed by atoms with Gasteiger partial charge in [0.15, 0.2) is 5.13 Å². The van der Waals surface area contributed by atoms with Crippen molar-refractivity contribution in [2.24, 2.45) is 0 Å². The maximum Gasteiger partial charge on any atom is 0.180 e. The molecular weight excluding hydrogens is 244 g/mol. The molecular formula is C14H18N2OS. The molecule has 1 unspecified atom stereocenters. The fourth-order valence-electron chi connectivity index (χ4n) is 1.83. The number of nitrogen functional groups attached to an aromatic ring is 1. The molecule has 0 fully saturated rings. The van der Waals surface area contributed by atoms with Crippen molar-refractivity contribution in [2.45, 2.75) is 33.8 Å². The summed E-state index contributed by atoms with van der Waals surface area (Å²) in [7, 11) is 0. The molecule has 0 amide bonds. The van der Waals surface area contributed by atoms with E-state index in [0.29, 0.717) is 5.13 Å². The quantitative estimate of drug-likeness (QED) is 0.915. The maximum atomic E-state index is 6.04. The fraction of sp³-hybridized carbons (Fsp3) is 0.357. The molecule has 4 heteroatoms. The number of nitrogens with two attached hydrogens (primary N) is 1. The van der Waals surface area contributed by atoms with Gasteiger partial charge >= 0.3 is 0 Å². The number of rotatable bonds is 3. The second-order valence-corrected chi connectivity index (χ2v) is 5.41. The summed E-state index contributed by atoms with van der Waals surface area (Å²) in [5.41, 5.74) is 10.1. The van der Waals surface area contributed by atoms with Crippen molar-refractivity contribution in [2.75, 3.05) is 5.73 Å². The molecule has 0 aliphatic heterocycles. The lowest BCUT2D eigenvalue weighted by molar-refractivity contribution is 0.219. The van der Waals surface area contributed by atoms with Crippen molar-refractivity contribution >= 4 is 16.5 Å². The van der Waals surface area contributed by atoms with Gasteiger partial charge in [0.05, 0.1) is 5.69 Å². The highest BCUT2D eigenvalue weighted by atomic mass is 32.1. The first-order valence-electron chi connectivity index (χ1n) is 5.93. The van der Waals surface area contributed by atoms with E-state index in [1.165, 1.54) is 22.5 Å². The SMILES string of the molecule is Cc1ccc(C)c(OC(C)c2csc(N)n2)c1C. The van der Waals surface area contributed by atoms with Crippen LogP contribution in [-0.2, 0) is 0 Å². The van der Waals surface area contributed by atoms with Gasteiger partial charge in [-0.05, 0) is 44.4 Å². The Hall–Kier alpha value is -1.55. The molecule has 1 heterocycles. The molecule has 0 aliphatic carbocycles. The highest BCUT2D eigenvalue weighted by Gasteiger charge is 2.14. The number of benzene rings is 1. The van der Waals surface area contributed by atoms with E-state index in [-0.39, 0.29) is 6.10 Å². The topological polar surface area (TPSA) is 48.1 Å². The molecule has 0 radical (unpaired) electrons. The van der Waals surface area contributed by atoms with Gasteiger partial charge in [0, 0.05) is 5.38 Å². The lowest BCUT2D eigenvalue weighted by atomic mass is 10.1. The summed E-state index contributed by atoms with van der Waals surface area (Å²) in [4.78, 5) is 4.26. The van der Waals surface area contributed by atoms with Crippen molar-refractivity contribution in [1.82, 2.24) is 4.98 Å². The van der Waals surface area contributed by atoms with Crippen LogP contribution in [0.1, 0.15) is 35.4 Å². The van der Waals surface area contributed by atoms with Crippen molar-refractivity contribution < 1.29 is 4.74 Å². The monoisotopic (exact) mass is 262 g/mol. The summed E-state index contributed by atoms with van der Waals surface area (Å²) in [5.74, 6) is 0.953. The molecule has 3 nitrogen and oxygen atoms in total. The molecule has 0 aliphatic rings. The van der Waals surface area contributed by atoms with Crippen molar-refractivity contribution in [3.05, 3.63) is 39.9 Å².